The molecule has 2 aromatic rings. The van der Waals surface area contributed by atoms with E-state index in [0.29, 0.717) is 0 Å². The summed E-state index contributed by atoms with van der Waals surface area (Å²) in [5, 5.41) is 2.15. The molecule has 0 aliphatic heterocycles. The van der Waals surface area contributed by atoms with Gasteiger partial charge in [-0.1, -0.05) is 44.5 Å². The third-order valence-electron chi connectivity index (χ3n) is 3.39. The second-order valence-corrected chi connectivity index (χ2v) is 6.68. The van der Waals surface area contributed by atoms with Gasteiger partial charge in [-0.3, -0.25) is 0 Å². The number of hydrogen-bond donors (Lipinski definition) is 0. The third-order valence-corrected chi connectivity index (χ3v) is 4.25. The summed E-state index contributed by atoms with van der Waals surface area (Å²) in [6.45, 7) is 10.8. The molecule has 116 valence electrons. The van der Waals surface area contributed by atoms with Gasteiger partial charge < -0.3 is 4.90 Å². The molecule has 0 radical (unpaired) electrons. The van der Waals surface area contributed by atoms with Crippen molar-refractivity contribution in [3.8, 4) is 0 Å². The summed E-state index contributed by atoms with van der Waals surface area (Å²) in [5.74, 6) is 0. The van der Waals surface area contributed by atoms with Crippen molar-refractivity contribution in [1.82, 2.24) is 4.90 Å². The monoisotopic (exact) mass is 303 g/mol. The zero-order valence-corrected chi connectivity index (χ0v) is 15.0. The highest BCUT2D eigenvalue weighted by Gasteiger charge is 2.05. The van der Waals surface area contributed by atoms with Crippen molar-refractivity contribution in [2.24, 2.45) is 0 Å². The molecule has 0 atom stereocenters. The Hall–Kier alpha value is -1.12. The molecule has 1 heterocycles. The van der Waals surface area contributed by atoms with E-state index < -0.39 is 0 Å². The number of nitrogens with zero attached hydrogens (tertiary/aromatic N) is 1. The van der Waals surface area contributed by atoms with E-state index in [1.807, 2.05) is 11.3 Å². The highest BCUT2D eigenvalue weighted by atomic mass is 32.1. The summed E-state index contributed by atoms with van der Waals surface area (Å²) in [6.07, 6.45) is 2.39. The first-order valence-electron chi connectivity index (χ1n) is 7.84. The van der Waals surface area contributed by atoms with Gasteiger partial charge in [-0.25, -0.2) is 0 Å². The SMILES string of the molecule is CCC.Cc1cccc(C)c1CCN(C)Cc1cccs1. The maximum Gasteiger partial charge on any atom is 0.0324 e. The summed E-state index contributed by atoms with van der Waals surface area (Å²) in [6, 6.07) is 10.9. The Morgan fingerprint density at radius 1 is 1.00 bits per heavy atom. The molecule has 1 nitrogen and oxygen atoms in total. The zero-order chi connectivity index (χ0) is 15.7. The van der Waals surface area contributed by atoms with E-state index >= 15 is 0 Å². The fraction of sp³-hybridized carbons (Fsp3) is 0.474. The molecule has 0 saturated carbocycles. The molecule has 0 bridgehead atoms. The Kier molecular flexibility index (Phi) is 8.33. The lowest BCUT2D eigenvalue weighted by molar-refractivity contribution is 0.334. The molecule has 0 saturated heterocycles. The largest absolute Gasteiger partial charge is 0.301 e. The lowest BCUT2D eigenvalue weighted by Crippen LogP contribution is -2.20. The number of likely N-dealkylation sites (N-methyl/N-ethyl adjacent to an activating group) is 1. The average Bonchev–Trinajstić information content (AvgIpc) is 2.92. The van der Waals surface area contributed by atoms with Crippen LogP contribution in [0.3, 0.4) is 0 Å². The van der Waals surface area contributed by atoms with Crippen LogP contribution in [0.5, 0.6) is 0 Å². The van der Waals surface area contributed by atoms with Gasteiger partial charge in [0.15, 0.2) is 0 Å². The predicted octanol–water partition coefficient (Wildman–Crippen LogP) is 5.46. The highest BCUT2D eigenvalue weighted by Crippen LogP contribution is 2.15. The molecule has 0 amide bonds. The Bertz CT molecular complexity index is 482. The average molecular weight is 304 g/mol. The fourth-order valence-corrected chi connectivity index (χ4v) is 3.08. The van der Waals surface area contributed by atoms with Crippen LogP contribution in [0, 0.1) is 13.8 Å². The molecule has 1 aromatic heterocycles. The molecule has 2 heteroatoms. The smallest absolute Gasteiger partial charge is 0.0324 e. The minimum Gasteiger partial charge on any atom is -0.301 e. The summed E-state index contributed by atoms with van der Waals surface area (Å²) in [5.41, 5.74) is 4.34. The maximum atomic E-state index is 2.40. The van der Waals surface area contributed by atoms with Crippen molar-refractivity contribution in [3.05, 3.63) is 57.3 Å². The second kappa shape index (κ2) is 9.75. The van der Waals surface area contributed by atoms with Crippen LogP contribution in [0.2, 0.25) is 0 Å². The predicted molar refractivity (Wildman–Crippen MR) is 96.2 cm³/mol. The molecule has 0 N–H and O–H groups in total. The highest BCUT2D eigenvalue weighted by molar-refractivity contribution is 7.09. The zero-order valence-electron chi connectivity index (χ0n) is 14.1. The minimum atomic E-state index is 1.06. The van der Waals surface area contributed by atoms with Gasteiger partial charge in [0, 0.05) is 18.0 Å². The molecule has 21 heavy (non-hydrogen) atoms. The van der Waals surface area contributed by atoms with Crippen LogP contribution in [0.15, 0.2) is 35.7 Å². The van der Waals surface area contributed by atoms with Gasteiger partial charge in [-0.2, -0.15) is 0 Å². The Morgan fingerprint density at radius 2 is 1.62 bits per heavy atom. The van der Waals surface area contributed by atoms with Gasteiger partial charge in [0.25, 0.3) is 0 Å². The van der Waals surface area contributed by atoms with Crippen molar-refractivity contribution in [3.63, 3.8) is 0 Å². The number of thiophene rings is 1. The number of hydrogen-bond acceptors (Lipinski definition) is 2. The van der Waals surface area contributed by atoms with Gasteiger partial charge in [-0.15, -0.1) is 11.3 Å². The first-order chi connectivity index (χ1) is 10.1. The van der Waals surface area contributed by atoms with Crippen LogP contribution in [-0.4, -0.2) is 18.5 Å². The van der Waals surface area contributed by atoms with Crippen LogP contribution in [0.1, 0.15) is 41.8 Å². The first kappa shape index (κ1) is 17.9. The number of aryl methyl sites for hydroxylation is 2. The van der Waals surface area contributed by atoms with Gasteiger partial charge in [0.2, 0.25) is 0 Å². The van der Waals surface area contributed by atoms with Crippen LogP contribution in [-0.2, 0) is 13.0 Å². The van der Waals surface area contributed by atoms with E-state index in [-0.39, 0.29) is 0 Å². The van der Waals surface area contributed by atoms with Gasteiger partial charge in [0.1, 0.15) is 0 Å². The lowest BCUT2D eigenvalue weighted by atomic mass is 10.00. The normalized spacial score (nSPS) is 10.4. The standard InChI is InChI=1S/C16H21NS.C3H8/c1-13-6-4-7-14(2)16(13)9-10-17(3)12-15-8-5-11-18-15;1-3-2/h4-8,11H,9-10,12H2,1-3H3;3H2,1-2H3. The van der Waals surface area contributed by atoms with E-state index in [9.17, 15) is 0 Å². The van der Waals surface area contributed by atoms with E-state index in [1.54, 1.807) is 0 Å². The quantitative estimate of drug-likeness (QED) is 0.709. The molecular formula is C19H29NS. The molecule has 2 rings (SSSR count). The number of benzene rings is 1. The van der Waals surface area contributed by atoms with E-state index in [0.717, 1.165) is 19.5 Å². The molecule has 0 spiro atoms. The molecular weight excluding hydrogens is 274 g/mol. The third kappa shape index (κ3) is 6.45. The van der Waals surface area contributed by atoms with Crippen molar-refractivity contribution in [2.45, 2.75) is 47.1 Å². The summed E-state index contributed by atoms with van der Waals surface area (Å²) in [4.78, 5) is 3.84. The minimum absolute atomic E-state index is 1.06. The second-order valence-electron chi connectivity index (χ2n) is 5.64. The van der Waals surface area contributed by atoms with Crippen LogP contribution in [0.25, 0.3) is 0 Å². The molecule has 0 unspecified atom stereocenters. The molecule has 0 aliphatic rings. The summed E-state index contributed by atoms with van der Waals surface area (Å²) in [7, 11) is 2.20. The lowest BCUT2D eigenvalue weighted by Gasteiger charge is -2.17. The Labute approximate surface area is 134 Å². The van der Waals surface area contributed by atoms with Crippen LogP contribution in [0.4, 0.5) is 0 Å². The fourth-order valence-electron chi connectivity index (χ4n) is 2.29. The number of rotatable bonds is 5. The van der Waals surface area contributed by atoms with E-state index in [2.05, 4.69) is 75.4 Å². The van der Waals surface area contributed by atoms with Crippen molar-refractivity contribution < 1.29 is 0 Å². The Morgan fingerprint density at radius 3 is 2.14 bits per heavy atom. The van der Waals surface area contributed by atoms with Gasteiger partial charge >= 0.3 is 0 Å². The van der Waals surface area contributed by atoms with Crippen LogP contribution < -0.4 is 0 Å². The first-order valence-corrected chi connectivity index (χ1v) is 8.72. The maximum absolute atomic E-state index is 2.40. The summed E-state index contributed by atoms with van der Waals surface area (Å²) < 4.78 is 0. The van der Waals surface area contributed by atoms with E-state index in [4.69, 9.17) is 0 Å². The molecule has 0 aliphatic carbocycles. The Balaban J connectivity index is 0.000000677. The van der Waals surface area contributed by atoms with Crippen LogP contribution >= 0.6 is 11.3 Å². The van der Waals surface area contributed by atoms with Crippen molar-refractivity contribution in [2.75, 3.05) is 13.6 Å². The van der Waals surface area contributed by atoms with Gasteiger partial charge in [0.05, 0.1) is 0 Å². The van der Waals surface area contributed by atoms with E-state index in [1.165, 1.54) is 28.0 Å². The molecule has 1 aromatic carbocycles. The topological polar surface area (TPSA) is 3.24 Å². The van der Waals surface area contributed by atoms with Crippen molar-refractivity contribution >= 4 is 11.3 Å². The summed E-state index contributed by atoms with van der Waals surface area (Å²) >= 11 is 1.84. The molecule has 0 fully saturated rings. The van der Waals surface area contributed by atoms with Gasteiger partial charge in [-0.05, 0) is 55.5 Å². The van der Waals surface area contributed by atoms with Crippen molar-refractivity contribution in [1.29, 1.82) is 0 Å².